The van der Waals surface area contributed by atoms with Crippen molar-refractivity contribution in [2.45, 2.75) is 40.5 Å². The molecule has 0 fully saturated rings. The van der Waals surface area contributed by atoms with Gasteiger partial charge < -0.3 is 4.42 Å². The fourth-order valence-corrected chi connectivity index (χ4v) is 1.73. The Morgan fingerprint density at radius 2 is 2.00 bits per heavy atom. The van der Waals surface area contributed by atoms with Crippen molar-refractivity contribution in [3.63, 3.8) is 0 Å². The van der Waals surface area contributed by atoms with E-state index in [1.54, 1.807) is 19.9 Å². The van der Waals surface area contributed by atoms with Gasteiger partial charge in [0.25, 0.3) is 5.91 Å². The van der Waals surface area contributed by atoms with Gasteiger partial charge in [-0.25, -0.2) is 0 Å². The maximum absolute atomic E-state index is 11.8. The second-order valence-corrected chi connectivity index (χ2v) is 4.46. The molecule has 2 amide bonds. The first-order valence-electron chi connectivity index (χ1n) is 6.13. The highest BCUT2D eigenvalue weighted by atomic mass is 16.3. The summed E-state index contributed by atoms with van der Waals surface area (Å²) in [6.45, 7) is 7.33. The smallest absolute Gasteiger partial charge is 0.273 e. The van der Waals surface area contributed by atoms with Gasteiger partial charge >= 0.3 is 0 Å². The lowest BCUT2D eigenvalue weighted by Gasteiger charge is -2.11. The molecule has 0 aromatic carbocycles. The lowest BCUT2D eigenvalue weighted by Crippen LogP contribution is -2.44. The van der Waals surface area contributed by atoms with Crippen LogP contribution in [0.3, 0.4) is 0 Å². The average molecular weight is 252 g/mol. The van der Waals surface area contributed by atoms with Crippen molar-refractivity contribution in [3.05, 3.63) is 23.2 Å². The molecule has 1 aromatic rings. The van der Waals surface area contributed by atoms with Crippen molar-refractivity contribution >= 4 is 11.8 Å². The van der Waals surface area contributed by atoms with Crippen molar-refractivity contribution in [2.24, 2.45) is 5.92 Å². The molecule has 1 heterocycles. The summed E-state index contributed by atoms with van der Waals surface area (Å²) in [5, 5.41) is 0. The molecule has 100 valence electrons. The number of hydrogen-bond donors (Lipinski definition) is 2. The van der Waals surface area contributed by atoms with E-state index in [0.717, 1.165) is 12.8 Å². The summed E-state index contributed by atoms with van der Waals surface area (Å²) in [5.74, 6) is 0.566. The van der Waals surface area contributed by atoms with Crippen molar-refractivity contribution < 1.29 is 14.0 Å². The number of aryl methyl sites for hydroxylation is 2. The van der Waals surface area contributed by atoms with Crippen LogP contribution in [0.1, 0.15) is 48.6 Å². The number of furan rings is 1. The summed E-state index contributed by atoms with van der Waals surface area (Å²) < 4.78 is 5.25. The van der Waals surface area contributed by atoms with Crippen molar-refractivity contribution in [1.29, 1.82) is 0 Å². The van der Waals surface area contributed by atoms with E-state index in [9.17, 15) is 9.59 Å². The molecule has 1 aromatic heterocycles. The minimum absolute atomic E-state index is 0.109. The van der Waals surface area contributed by atoms with Gasteiger partial charge in [-0.3, -0.25) is 20.4 Å². The van der Waals surface area contributed by atoms with E-state index in [0.29, 0.717) is 17.1 Å². The van der Waals surface area contributed by atoms with Crippen LogP contribution >= 0.6 is 0 Å². The van der Waals surface area contributed by atoms with E-state index in [2.05, 4.69) is 10.9 Å². The number of amides is 2. The molecule has 0 saturated carbocycles. The first kappa shape index (κ1) is 14.3. The number of carbonyl (C=O) groups excluding carboxylic acids is 2. The maximum atomic E-state index is 11.8. The third kappa shape index (κ3) is 3.61. The topological polar surface area (TPSA) is 71.3 Å². The zero-order chi connectivity index (χ0) is 13.7. The van der Waals surface area contributed by atoms with Gasteiger partial charge in [0.05, 0.1) is 5.56 Å². The highest BCUT2D eigenvalue weighted by Crippen LogP contribution is 2.13. The highest BCUT2D eigenvalue weighted by Gasteiger charge is 2.16. The predicted octanol–water partition coefficient (Wildman–Crippen LogP) is 2.09. The Kier molecular flexibility index (Phi) is 4.95. The number of hydrogen-bond acceptors (Lipinski definition) is 3. The molecule has 0 aliphatic rings. The number of carbonyl (C=O) groups is 2. The summed E-state index contributed by atoms with van der Waals surface area (Å²) in [6.07, 6.45) is 1.73. The largest absolute Gasteiger partial charge is 0.466 e. The van der Waals surface area contributed by atoms with Crippen LogP contribution in [0.15, 0.2) is 10.5 Å². The van der Waals surface area contributed by atoms with Crippen LogP contribution in [0.5, 0.6) is 0 Å². The fourth-order valence-electron chi connectivity index (χ4n) is 1.73. The monoisotopic (exact) mass is 252 g/mol. The first-order chi connectivity index (χ1) is 8.45. The van der Waals surface area contributed by atoms with Crippen LogP contribution in [0.2, 0.25) is 0 Å². The minimum Gasteiger partial charge on any atom is -0.466 e. The Hall–Kier alpha value is -1.78. The second-order valence-electron chi connectivity index (χ2n) is 4.46. The van der Waals surface area contributed by atoms with E-state index in [1.165, 1.54) is 0 Å². The van der Waals surface area contributed by atoms with Crippen LogP contribution < -0.4 is 10.9 Å². The molecule has 5 heteroatoms. The third-order valence-corrected chi connectivity index (χ3v) is 2.75. The standard InChI is InChI=1S/C13H20N2O3/c1-5-6-8(2)12(16)14-15-13(17)11-7-9(3)18-10(11)4/h7-8H,5-6H2,1-4H3,(H,14,16)(H,15,17). The zero-order valence-corrected chi connectivity index (χ0v) is 11.3. The zero-order valence-electron chi connectivity index (χ0n) is 11.3. The molecule has 1 atom stereocenters. The highest BCUT2D eigenvalue weighted by molar-refractivity contribution is 5.96. The molecule has 2 N–H and O–H groups in total. The summed E-state index contributed by atoms with van der Waals surface area (Å²) in [4.78, 5) is 23.4. The number of nitrogens with one attached hydrogen (secondary N) is 2. The van der Waals surface area contributed by atoms with Crippen LogP contribution in [0.25, 0.3) is 0 Å². The summed E-state index contributed by atoms with van der Waals surface area (Å²) in [6, 6.07) is 1.65. The normalized spacial score (nSPS) is 12.0. The van der Waals surface area contributed by atoms with Crippen LogP contribution in [0.4, 0.5) is 0 Å². The Bertz CT molecular complexity index is 437. The van der Waals surface area contributed by atoms with Crippen LogP contribution in [-0.2, 0) is 4.79 Å². The summed E-state index contributed by atoms with van der Waals surface area (Å²) in [5.41, 5.74) is 5.26. The molecule has 0 saturated heterocycles. The summed E-state index contributed by atoms with van der Waals surface area (Å²) >= 11 is 0. The Balaban J connectivity index is 2.51. The molecular weight excluding hydrogens is 232 g/mol. The molecule has 18 heavy (non-hydrogen) atoms. The van der Waals surface area contributed by atoms with Gasteiger partial charge in [-0.05, 0) is 26.3 Å². The van der Waals surface area contributed by atoms with E-state index in [-0.39, 0.29) is 17.7 Å². The minimum atomic E-state index is -0.360. The third-order valence-electron chi connectivity index (χ3n) is 2.75. The number of hydrazine groups is 1. The Morgan fingerprint density at radius 1 is 1.33 bits per heavy atom. The molecule has 0 spiro atoms. The van der Waals surface area contributed by atoms with Crippen LogP contribution in [-0.4, -0.2) is 11.8 Å². The molecule has 0 radical (unpaired) electrons. The molecule has 5 nitrogen and oxygen atoms in total. The quantitative estimate of drug-likeness (QED) is 0.806. The van der Waals surface area contributed by atoms with E-state index >= 15 is 0 Å². The lowest BCUT2D eigenvalue weighted by molar-refractivity contribution is -0.125. The second kappa shape index (κ2) is 6.23. The first-order valence-corrected chi connectivity index (χ1v) is 6.13. The van der Waals surface area contributed by atoms with Gasteiger partial charge in [0.15, 0.2) is 0 Å². The van der Waals surface area contributed by atoms with E-state index in [1.807, 2.05) is 13.8 Å². The molecule has 0 bridgehead atoms. The SMILES string of the molecule is CCCC(C)C(=O)NNC(=O)c1cc(C)oc1C. The van der Waals surface area contributed by atoms with Crippen molar-refractivity contribution in [2.75, 3.05) is 0 Å². The van der Waals surface area contributed by atoms with Gasteiger partial charge in [0.1, 0.15) is 11.5 Å². The van der Waals surface area contributed by atoms with Gasteiger partial charge in [-0.1, -0.05) is 20.3 Å². The number of rotatable bonds is 4. The maximum Gasteiger partial charge on any atom is 0.273 e. The Morgan fingerprint density at radius 3 is 2.50 bits per heavy atom. The van der Waals surface area contributed by atoms with Crippen molar-refractivity contribution in [1.82, 2.24) is 10.9 Å². The molecule has 1 unspecified atom stereocenters. The van der Waals surface area contributed by atoms with E-state index < -0.39 is 0 Å². The van der Waals surface area contributed by atoms with Crippen LogP contribution in [0, 0.1) is 19.8 Å². The van der Waals surface area contributed by atoms with Gasteiger partial charge in [0.2, 0.25) is 5.91 Å². The fraction of sp³-hybridized carbons (Fsp3) is 0.538. The molecule has 0 aliphatic carbocycles. The van der Waals surface area contributed by atoms with Gasteiger partial charge in [0, 0.05) is 5.92 Å². The van der Waals surface area contributed by atoms with Gasteiger partial charge in [-0.2, -0.15) is 0 Å². The summed E-state index contributed by atoms with van der Waals surface area (Å²) in [7, 11) is 0. The Labute approximate surface area is 107 Å². The van der Waals surface area contributed by atoms with Crippen molar-refractivity contribution in [3.8, 4) is 0 Å². The van der Waals surface area contributed by atoms with E-state index in [4.69, 9.17) is 4.42 Å². The molecular formula is C13H20N2O3. The molecule has 1 rings (SSSR count). The van der Waals surface area contributed by atoms with Gasteiger partial charge in [-0.15, -0.1) is 0 Å². The average Bonchev–Trinajstić information content (AvgIpc) is 2.65. The molecule has 0 aliphatic heterocycles. The lowest BCUT2D eigenvalue weighted by atomic mass is 10.1. The predicted molar refractivity (Wildman–Crippen MR) is 67.9 cm³/mol.